The lowest BCUT2D eigenvalue weighted by Gasteiger charge is -2.14. The van der Waals surface area contributed by atoms with Crippen molar-refractivity contribution in [3.05, 3.63) is 42.3 Å². The van der Waals surface area contributed by atoms with Crippen molar-refractivity contribution in [3.8, 4) is 22.6 Å². The molecule has 1 aliphatic heterocycles. The van der Waals surface area contributed by atoms with Gasteiger partial charge in [0.15, 0.2) is 6.10 Å². The number of benzene rings is 1. The molecule has 3 heterocycles. The summed E-state index contributed by atoms with van der Waals surface area (Å²) in [5, 5.41) is 20.9. The molecule has 1 aliphatic rings. The van der Waals surface area contributed by atoms with E-state index in [1.165, 1.54) is 23.1 Å². The number of rotatable bonds is 5. The number of tetrazole rings is 1. The molecule has 150 valence electrons. The minimum atomic E-state index is -2.30. The van der Waals surface area contributed by atoms with E-state index in [2.05, 4.69) is 20.4 Å². The van der Waals surface area contributed by atoms with Crippen LogP contribution < -0.4 is 4.90 Å². The predicted molar refractivity (Wildman–Crippen MR) is 96.8 cm³/mol. The van der Waals surface area contributed by atoms with Crippen LogP contribution in [0.1, 0.15) is 6.92 Å². The first-order chi connectivity index (χ1) is 14.0. The summed E-state index contributed by atoms with van der Waals surface area (Å²) >= 11 is 0. The number of amides is 1. The van der Waals surface area contributed by atoms with Gasteiger partial charge in [0.1, 0.15) is 11.5 Å². The highest BCUT2D eigenvalue weighted by molar-refractivity contribution is 5.90. The quantitative estimate of drug-likeness (QED) is 0.697. The number of alkyl halides is 1. The molecule has 3 aromatic rings. The van der Waals surface area contributed by atoms with Crippen molar-refractivity contribution >= 4 is 11.8 Å². The summed E-state index contributed by atoms with van der Waals surface area (Å²) in [7, 11) is 0. The molecule has 1 fully saturated rings. The minimum Gasteiger partial charge on any atom is -0.438 e. The number of aliphatic hydroxyl groups excluding tert-OH is 1. The number of halogens is 2. The van der Waals surface area contributed by atoms with Gasteiger partial charge in [-0.3, -0.25) is 9.88 Å². The summed E-state index contributed by atoms with van der Waals surface area (Å²) in [6.07, 6.45) is -2.97. The van der Waals surface area contributed by atoms with E-state index in [-0.39, 0.29) is 17.8 Å². The van der Waals surface area contributed by atoms with Crippen molar-refractivity contribution < 1.29 is 23.4 Å². The average molecular weight is 402 g/mol. The number of carbonyl (C=O) groups excluding carboxylic acids is 1. The molecule has 0 aliphatic carbocycles. The first-order valence-corrected chi connectivity index (χ1v) is 8.80. The number of hydrogen-bond donors (Lipinski definition) is 1. The fourth-order valence-electron chi connectivity index (χ4n) is 2.91. The number of cyclic esters (lactones) is 1. The van der Waals surface area contributed by atoms with Crippen molar-refractivity contribution in [2.24, 2.45) is 0 Å². The van der Waals surface area contributed by atoms with Gasteiger partial charge in [0.25, 0.3) is 0 Å². The zero-order chi connectivity index (χ0) is 20.5. The molecular formula is C18H16F2N6O3. The average Bonchev–Trinajstić information content (AvgIpc) is 3.35. The van der Waals surface area contributed by atoms with Crippen LogP contribution in [0.4, 0.5) is 19.3 Å². The summed E-state index contributed by atoms with van der Waals surface area (Å²) in [4.78, 5) is 18.6. The predicted octanol–water partition coefficient (Wildman–Crippen LogP) is 2.17. The highest BCUT2D eigenvalue weighted by Gasteiger charge is 2.37. The van der Waals surface area contributed by atoms with Gasteiger partial charge in [-0.15, -0.1) is 10.2 Å². The van der Waals surface area contributed by atoms with Crippen LogP contribution in [0.15, 0.2) is 36.5 Å². The lowest BCUT2D eigenvalue weighted by atomic mass is 10.1. The Balaban J connectivity index is 1.56. The van der Waals surface area contributed by atoms with E-state index in [1.54, 1.807) is 12.1 Å². The molecule has 9 nitrogen and oxygen atoms in total. The van der Waals surface area contributed by atoms with Crippen molar-refractivity contribution in [3.63, 3.8) is 0 Å². The molecular weight excluding hydrogens is 386 g/mol. The van der Waals surface area contributed by atoms with Crippen molar-refractivity contribution in [2.75, 3.05) is 11.4 Å². The molecule has 1 N–H and O–H groups in total. The molecule has 0 bridgehead atoms. The third kappa shape index (κ3) is 3.63. The molecule has 0 spiro atoms. The number of carbonyl (C=O) groups is 1. The molecule has 0 radical (unpaired) electrons. The highest BCUT2D eigenvalue weighted by atomic mass is 19.1. The maximum absolute atomic E-state index is 14.7. The lowest BCUT2D eigenvalue weighted by molar-refractivity contribution is -0.0503. The minimum absolute atomic E-state index is 0.198. The van der Waals surface area contributed by atoms with Crippen LogP contribution in [-0.2, 0) is 11.3 Å². The van der Waals surface area contributed by atoms with E-state index in [0.29, 0.717) is 23.6 Å². The molecule has 2 aromatic heterocycles. The first-order valence-electron chi connectivity index (χ1n) is 8.80. The lowest BCUT2D eigenvalue weighted by Crippen LogP contribution is -2.28. The Labute approximate surface area is 163 Å². The summed E-state index contributed by atoms with van der Waals surface area (Å²) in [6, 6.07) is 7.47. The Morgan fingerprint density at radius 2 is 2.17 bits per heavy atom. The van der Waals surface area contributed by atoms with Gasteiger partial charge in [-0.1, -0.05) is 6.07 Å². The van der Waals surface area contributed by atoms with Gasteiger partial charge in [-0.05, 0) is 36.4 Å². The van der Waals surface area contributed by atoms with Crippen LogP contribution in [0.2, 0.25) is 0 Å². The SMILES string of the molecule is CCn1nnc(-c2ccc(-c3ccc(N4CC(C(O)F)OC4=O)cc3F)cn2)n1. The Morgan fingerprint density at radius 1 is 1.34 bits per heavy atom. The second kappa shape index (κ2) is 7.51. The standard InChI is InChI=1S/C18H16F2N6O3/c1-2-26-23-17(22-24-26)14-6-3-10(8-21-14)12-5-4-11(7-13(12)19)25-9-15(16(20)27)29-18(25)28/h3-8,15-16,27H,2,9H2,1H3. The topological polar surface area (TPSA) is 106 Å². The number of anilines is 1. The fraction of sp³-hybridized carbons (Fsp3) is 0.278. The van der Waals surface area contributed by atoms with E-state index in [4.69, 9.17) is 9.84 Å². The van der Waals surface area contributed by atoms with Crippen LogP contribution >= 0.6 is 0 Å². The zero-order valence-electron chi connectivity index (χ0n) is 15.2. The van der Waals surface area contributed by atoms with E-state index in [9.17, 15) is 13.6 Å². The Morgan fingerprint density at radius 3 is 2.76 bits per heavy atom. The van der Waals surface area contributed by atoms with Gasteiger partial charge >= 0.3 is 6.09 Å². The second-order valence-electron chi connectivity index (χ2n) is 6.30. The summed E-state index contributed by atoms with van der Waals surface area (Å²) in [5.41, 5.74) is 1.49. The molecule has 2 unspecified atom stereocenters. The van der Waals surface area contributed by atoms with Crippen LogP contribution in [0.3, 0.4) is 0 Å². The fourth-order valence-corrected chi connectivity index (χ4v) is 2.91. The molecule has 1 amide bonds. The van der Waals surface area contributed by atoms with Crippen LogP contribution in [0, 0.1) is 5.82 Å². The summed E-state index contributed by atoms with van der Waals surface area (Å²) < 4.78 is 32.4. The number of aryl methyl sites for hydroxylation is 1. The van der Waals surface area contributed by atoms with Crippen molar-refractivity contribution in [1.82, 2.24) is 25.2 Å². The van der Waals surface area contributed by atoms with E-state index in [0.717, 1.165) is 11.0 Å². The number of aliphatic hydroxyl groups is 1. The number of ether oxygens (including phenoxy) is 1. The van der Waals surface area contributed by atoms with Gasteiger partial charge in [-0.2, -0.15) is 4.80 Å². The van der Waals surface area contributed by atoms with Gasteiger partial charge in [0.05, 0.1) is 18.8 Å². The number of aromatic nitrogens is 5. The largest absolute Gasteiger partial charge is 0.438 e. The van der Waals surface area contributed by atoms with E-state index < -0.39 is 24.4 Å². The van der Waals surface area contributed by atoms with E-state index >= 15 is 0 Å². The first kappa shape index (κ1) is 18.9. The van der Waals surface area contributed by atoms with Gasteiger partial charge in [-0.25, -0.2) is 13.6 Å². The molecule has 29 heavy (non-hydrogen) atoms. The maximum Gasteiger partial charge on any atom is 0.414 e. The van der Waals surface area contributed by atoms with Crippen molar-refractivity contribution in [1.29, 1.82) is 0 Å². The molecule has 1 aromatic carbocycles. The molecule has 2 atom stereocenters. The third-order valence-corrected chi connectivity index (χ3v) is 4.45. The van der Waals surface area contributed by atoms with Crippen LogP contribution in [-0.4, -0.2) is 55.4 Å². The van der Waals surface area contributed by atoms with Crippen LogP contribution in [0.5, 0.6) is 0 Å². The molecule has 4 rings (SSSR count). The third-order valence-electron chi connectivity index (χ3n) is 4.45. The molecule has 11 heteroatoms. The second-order valence-corrected chi connectivity index (χ2v) is 6.30. The Kier molecular flexibility index (Phi) is 4.89. The monoisotopic (exact) mass is 402 g/mol. The number of pyridine rings is 1. The van der Waals surface area contributed by atoms with Gasteiger partial charge in [0, 0.05) is 17.3 Å². The highest BCUT2D eigenvalue weighted by Crippen LogP contribution is 2.30. The normalized spacial score (nSPS) is 17.4. The summed E-state index contributed by atoms with van der Waals surface area (Å²) in [5.74, 6) is -0.226. The Hall–Kier alpha value is -3.47. The molecule has 0 saturated carbocycles. The maximum atomic E-state index is 14.7. The number of nitrogens with zero attached hydrogens (tertiary/aromatic N) is 6. The zero-order valence-corrected chi connectivity index (χ0v) is 15.2. The van der Waals surface area contributed by atoms with E-state index in [1.807, 2.05) is 6.92 Å². The number of hydrogen-bond acceptors (Lipinski definition) is 7. The molecule has 1 saturated heterocycles. The van der Waals surface area contributed by atoms with Gasteiger partial charge in [0.2, 0.25) is 12.2 Å². The summed E-state index contributed by atoms with van der Waals surface area (Å²) in [6.45, 7) is 2.26. The van der Waals surface area contributed by atoms with Crippen molar-refractivity contribution in [2.45, 2.75) is 25.9 Å². The van der Waals surface area contributed by atoms with Gasteiger partial charge < -0.3 is 9.84 Å². The van der Waals surface area contributed by atoms with Crippen LogP contribution in [0.25, 0.3) is 22.6 Å². The smallest absolute Gasteiger partial charge is 0.414 e. The Bertz CT molecular complexity index is 1040.